The number of carbonyl (C=O) groups is 2. The van der Waals surface area contributed by atoms with Crippen LogP contribution in [0.25, 0.3) is 0 Å². The third-order valence-corrected chi connectivity index (χ3v) is 12.0. The van der Waals surface area contributed by atoms with Gasteiger partial charge in [-0.25, -0.2) is 0 Å². The van der Waals surface area contributed by atoms with Crippen LogP contribution in [0, 0.1) is 0 Å². The highest BCUT2D eigenvalue weighted by molar-refractivity contribution is 5.77. The number of hydrogen-bond acceptors (Lipinski definition) is 5. The average molecular weight is 880 g/mol. The smallest absolute Gasteiger partial charge is 0.306 e. The molecule has 6 nitrogen and oxygen atoms in total. The first-order valence-corrected chi connectivity index (χ1v) is 26.7. The second-order valence-corrected chi connectivity index (χ2v) is 18.1. The van der Waals surface area contributed by atoms with Crippen LogP contribution in [-0.2, 0) is 14.3 Å². The van der Waals surface area contributed by atoms with Gasteiger partial charge < -0.3 is 20.3 Å². The number of ether oxygens (including phenoxy) is 1. The van der Waals surface area contributed by atoms with Crippen molar-refractivity contribution in [3.05, 3.63) is 72.9 Å². The fourth-order valence-corrected chi connectivity index (χ4v) is 7.94. The molecule has 6 heteroatoms. The van der Waals surface area contributed by atoms with Gasteiger partial charge in [-0.3, -0.25) is 9.59 Å². The van der Waals surface area contributed by atoms with Gasteiger partial charge in [0.15, 0.2) is 0 Å². The number of aliphatic hydroxyl groups excluding tert-OH is 2. The molecular weight excluding hydrogens is 779 g/mol. The second kappa shape index (κ2) is 50.3. The summed E-state index contributed by atoms with van der Waals surface area (Å²) < 4.78 is 5.91. The molecule has 0 heterocycles. The first-order chi connectivity index (χ1) is 31.0. The van der Waals surface area contributed by atoms with Gasteiger partial charge in [0.25, 0.3) is 0 Å². The van der Waals surface area contributed by atoms with Crippen molar-refractivity contribution in [3.63, 3.8) is 0 Å². The lowest BCUT2D eigenvalue weighted by Crippen LogP contribution is -2.46. The van der Waals surface area contributed by atoms with Crippen molar-refractivity contribution in [2.45, 2.75) is 270 Å². The van der Waals surface area contributed by atoms with Crippen LogP contribution >= 0.6 is 0 Å². The lowest BCUT2D eigenvalue weighted by Gasteiger charge is -2.24. The molecule has 0 saturated heterocycles. The maximum Gasteiger partial charge on any atom is 0.306 e. The zero-order valence-corrected chi connectivity index (χ0v) is 41.4. The van der Waals surface area contributed by atoms with Gasteiger partial charge in [-0.05, 0) is 38.5 Å². The van der Waals surface area contributed by atoms with E-state index in [4.69, 9.17) is 4.74 Å². The number of carbonyl (C=O) groups excluding carboxylic acids is 2. The van der Waals surface area contributed by atoms with E-state index in [1.807, 2.05) is 60.8 Å². The molecule has 0 aliphatic heterocycles. The Bertz CT molecular complexity index is 1170. The standard InChI is InChI=1S/C57H101NO5/c1-4-7-10-13-16-19-22-24-26-27-28-30-32-35-38-41-44-47-50-57(62)63-53(48-45-42-39-36-34-31-29-25-23-20-17-14-11-8-5-2)51-56(61)58-54(52-59)55(60)49-46-43-40-37-33-21-18-15-12-9-6-3/h8,11,14,17,20,23,25,29,31,34,36,39,53-55,59-60H,4-7,9-10,12-13,15-16,18-19,21-22,24,26-28,30,32-33,35,37-38,40-52H2,1-3H3,(H,58,61)/b11-8-,17-14+,23-20+,29-25-,34-31+,39-36+. The monoisotopic (exact) mass is 880 g/mol. The summed E-state index contributed by atoms with van der Waals surface area (Å²) in [6, 6.07) is -0.727. The maximum absolute atomic E-state index is 13.2. The average Bonchev–Trinajstić information content (AvgIpc) is 3.28. The Morgan fingerprint density at radius 3 is 1.27 bits per heavy atom. The number of esters is 1. The van der Waals surface area contributed by atoms with E-state index in [1.165, 1.54) is 148 Å². The Labute approximate surface area is 390 Å². The lowest BCUT2D eigenvalue weighted by molar-refractivity contribution is -0.151. The number of nitrogens with one attached hydrogen (secondary N) is 1. The fourth-order valence-electron chi connectivity index (χ4n) is 7.94. The number of hydrogen-bond donors (Lipinski definition) is 3. The summed E-state index contributed by atoms with van der Waals surface area (Å²) in [5.41, 5.74) is 0. The Kier molecular flexibility index (Phi) is 48.1. The summed E-state index contributed by atoms with van der Waals surface area (Å²) >= 11 is 0. The van der Waals surface area contributed by atoms with E-state index in [0.717, 1.165) is 57.8 Å². The molecule has 1 amide bonds. The first-order valence-electron chi connectivity index (χ1n) is 26.7. The molecule has 0 aliphatic carbocycles. The zero-order chi connectivity index (χ0) is 45.9. The molecule has 63 heavy (non-hydrogen) atoms. The van der Waals surface area contributed by atoms with Gasteiger partial charge in [-0.1, -0.05) is 273 Å². The highest BCUT2D eigenvalue weighted by atomic mass is 16.5. The molecule has 0 radical (unpaired) electrons. The van der Waals surface area contributed by atoms with E-state index < -0.39 is 18.2 Å². The van der Waals surface area contributed by atoms with Crippen LogP contribution in [-0.4, -0.2) is 46.9 Å². The van der Waals surface area contributed by atoms with Gasteiger partial charge in [-0.2, -0.15) is 0 Å². The van der Waals surface area contributed by atoms with Gasteiger partial charge in [0.1, 0.15) is 6.10 Å². The van der Waals surface area contributed by atoms with Crippen LogP contribution in [0.5, 0.6) is 0 Å². The molecule has 0 aromatic rings. The molecular formula is C57H101NO5. The van der Waals surface area contributed by atoms with Crippen molar-refractivity contribution in [1.82, 2.24) is 5.32 Å². The molecule has 3 N–H and O–H groups in total. The number of rotatable bonds is 47. The minimum atomic E-state index is -0.808. The number of amides is 1. The molecule has 0 aromatic heterocycles. The Morgan fingerprint density at radius 1 is 0.476 bits per heavy atom. The van der Waals surface area contributed by atoms with Crippen molar-refractivity contribution in [2.75, 3.05) is 6.61 Å². The molecule has 0 rings (SSSR count). The predicted octanol–water partition coefficient (Wildman–Crippen LogP) is 16.2. The Balaban J connectivity index is 4.66. The normalized spacial score (nSPS) is 13.8. The van der Waals surface area contributed by atoms with E-state index in [1.54, 1.807) is 0 Å². The molecule has 0 spiro atoms. The second-order valence-electron chi connectivity index (χ2n) is 18.1. The van der Waals surface area contributed by atoms with E-state index >= 15 is 0 Å². The Hall–Kier alpha value is -2.70. The van der Waals surface area contributed by atoms with Crippen LogP contribution in [0.4, 0.5) is 0 Å². The fraction of sp³-hybridized carbons (Fsp3) is 0.754. The molecule has 3 atom stereocenters. The number of unbranched alkanes of at least 4 members (excludes halogenated alkanes) is 28. The van der Waals surface area contributed by atoms with Crippen LogP contribution in [0.3, 0.4) is 0 Å². The van der Waals surface area contributed by atoms with Gasteiger partial charge in [0, 0.05) is 6.42 Å². The van der Waals surface area contributed by atoms with Crippen molar-refractivity contribution in [1.29, 1.82) is 0 Å². The highest BCUT2D eigenvalue weighted by Crippen LogP contribution is 2.18. The van der Waals surface area contributed by atoms with Gasteiger partial charge in [-0.15, -0.1) is 0 Å². The largest absolute Gasteiger partial charge is 0.462 e. The third kappa shape index (κ3) is 45.7. The maximum atomic E-state index is 13.2. The quantitative estimate of drug-likeness (QED) is 0.0321. The SMILES string of the molecule is CC\C=C/C=C/C=C/C=C\C=C\C=C\CCCC(CC(=O)NC(CO)C(O)CCCCCCCCCCCCC)OC(=O)CCCCCCCCCCCCCCCCCCCC. The van der Waals surface area contributed by atoms with Crippen LogP contribution in [0.1, 0.15) is 252 Å². The number of aliphatic hydroxyl groups is 2. The minimum absolute atomic E-state index is 0.0263. The summed E-state index contributed by atoms with van der Waals surface area (Å²) in [5, 5.41) is 23.7. The van der Waals surface area contributed by atoms with Crippen molar-refractivity contribution >= 4 is 11.9 Å². The first kappa shape index (κ1) is 60.3. The van der Waals surface area contributed by atoms with Crippen molar-refractivity contribution in [3.8, 4) is 0 Å². The summed E-state index contributed by atoms with van der Waals surface area (Å²) in [6.07, 6.45) is 64.0. The number of allylic oxidation sites excluding steroid dienone is 12. The molecule has 3 unspecified atom stereocenters. The molecule has 0 fully saturated rings. The third-order valence-electron chi connectivity index (χ3n) is 12.0. The van der Waals surface area contributed by atoms with E-state index in [2.05, 4.69) is 38.2 Å². The highest BCUT2D eigenvalue weighted by Gasteiger charge is 2.24. The summed E-state index contributed by atoms with van der Waals surface area (Å²) in [6.45, 7) is 6.32. The Morgan fingerprint density at radius 2 is 0.857 bits per heavy atom. The van der Waals surface area contributed by atoms with Crippen LogP contribution < -0.4 is 5.32 Å². The van der Waals surface area contributed by atoms with Gasteiger partial charge in [0.2, 0.25) is 5.91 Å². The molecule has 0 bridgehead atoms. The van der Waals surface area contributed by atoms with Gasteiger partial charge in [0.05, 0.1) is 25.2 Å². The minimum Gasteiger partial charge on any atom is -0.462 e. The van der Waals surface area contributed by atoms with Gasteiger partial charge >= 0.3 is 5.97 Å². The van der Waals surface area contributed by atoms with Crippen molar-refractivity contribution in [2.24, 2.45) is 0 Å². The van der Waals surface area contributed by atoms with Crippen LogP contribution in [0.2, 0.25) is 0 Å². The predicted molar refractivity (Wildman–Crippen MR) is 273 cm³/mol. The molecule has 364 valence electrons. The van der Waals surface area contributed by atoms with E-state index in [0.29, 0.717) is 19.3 Å². The topological polar surface area (TPSA) is 95.9 Å². The van der Waals surface area contributed by atoms with E-state index in [-0.39, 0.29) is 24.9 Å². The van der Waals surface area contributed by atoms with Crippen molar-refractivity contribution < 1.29 is 24.5 Å². The zero-order valence-electron chi connectivity index (χ0n) is 41.4. The summed E-state index contributed by atoms with van der Waals surface area (Å²) in [5.74, 6) is -0.544. The molecule has 0 aromatic carbocycles. The summed E-state index contributed by atoms with van der Waals surface area (Å²) in [7, 11) is 0. The summed E-state index contributed by atoms with van der Waals surface area (Å²) in [4.78, 5) is 26.2. The van der Waals surface area contributed by atoms with Crippen LogP contribution in [0.15, 0.2) is 72.9 Å². The lowest BCUT2D eigenvalue weighted by atomic mass is 10.0. The van der Waals surface area contributed by atoms with E-state index in [9.17, 15) is 19.8 Å². The molecule has 0 saturated carbocycles. The molecule has 0 aliphatic rings.